The smallest absolute Gasteiger partial charge is 0.335 e. The van der Waals surface area contributed by atoms with Crippen molar-refractivity contribution in [2.24, 2.45) is 0 Å². The van der Waals surface area contributed by atoms with Crippen LogP contribution in [0.1, 0.15) is 41.7 Å². The van der Waals surface area contributed by atoms with Crippen molar-refractivity contribution in [3.63, 3.8) is 0 Å². The lowest BCUT2D eigenvalue weighted by Gasteiger charge is -2.20. The number of carboxylic acid groups (broad SMARTS) is 1. The molecule has 0 bridgehead atoms. The lowest BCUT2D eigenvalue weighted by molar-refractivity contribution is 0.0696. The first-order chi connectivity index (χ1) is 13.4. The maximum atomic E-state index is 12.9. The molecule has 0 radical (unpaired) electrons. The van der Waals surface area contributed by atoms with Gasteiger partial charge in [0.15, 0.2) is 0 Å². The predicted molar refractivity (Wildman–Crippen MR) is 106 cm³/mol. The minimum absolute atomic E-state index is 0.0876. The third-order valence-corrected chi connectivity index (χ3v) is 6.18. The molecule has 2 atom stereocenters. The Kier molecular flexibility index (Phi) is 6.33. The summed E-state index contributed by atoms with van der Waals surface area (Å²) in [5, 5.41) is 12.5. The van der Waals surface area contributed by atoms with Gasteiger partial charge in [-0.2, -0.15) is 0 Å². The number of anilines is 1. The van der Waals surface area contributed by atoms with Crippen molar-refractivity contribution in [2.45, 2.75) is 36.8 Å². The van der Waals surface area contributed by atoms with Gasteiger partial charge in [-0.15, -0.1) is 0 Å². The van der Waals surface area contributed by atoms with Crippen LogP contribution in [0.4, 0.5) is 5.69 Å². The molecule has 1 fully saturated rings. The lowest BCUT2D eigenvalue weighted by atomic mass is 10.1. The highest BCUT2D eigenvalue weighted by atomic mass is 32.2. The second-order valence-electron chi connectivity index (χ2n) is 6.78. The van der Waals surface area contributed by atoms with E-state index in [-0.39, 0.29) is 29.1 Å². The molecule has 0 aromatic heterocycles. The van der Waals surface area contributed by atoms with Gasteiger partial charge in [0, 0.05) is 19.2 Å². The summed E-state index contributed by atoms with van der Waals surface area (Å²) in [5.74, 6) is -1.18. The number of benzene rings is 2. The van der Waals surface area contributed by atoms with Crippen molar-refractivity contribution in [3.05, 3.63) is 59.7 Å². The number of sulfonamides is 1. The molecule has 2 aromatic carbocycles. The van der Waals surface area contributed by atoms with E-state index in [4.69, 9.17) is 4.74 Å². The zero-order valence-corrected chi connectivity index (χ0v) is 16.4. The largest absolute Gasteiger partial charge is 0.478 e. The van der Waals surface area contributed by atoms with Crippen LogP contribution in [0, 0.1) is 0 Å². The normalized spacial score (nSPS) is 18.0. The van der Waals surface area contributed by atoms with Gasteiger partial charge >= 0.3 is 5.97 Å². The standard InChI is InChI=1S/C20H24N2O5S/c1-14(15-6-3-2-4-7-15)22-18-10-9-16(20(23)24)12-19(18)28(25,26)21-13-17-8-5-11-27-17/h2-4,6-7,9-10,12,14,17,21-22H,5,8,11,13H2,1H3,(H,23,24)/t14-,17+/m1/s1. The van der Waals surface area contributed by atoms with Crippen molar-refractivity contribution >= 4 is 21.7 Å². The Morgan fingerprint density at radius 2 is 2.00 bits per heavy atom. The summed E-state index contributed by atoms with van der Waals surface area (Å²) in [6.07, 6.45) is 1.55. The molecular formula is C20H24N2O5S. The molecule has 0 spiro atoms. The number of nitrogens with one attached hydrogen (secondary N) is 2. The first-order valence-corrected chi connectivity index (χ1v) is 10.7. The molecule has 1 heterocycles. The number of hydrogen-bond donors (Lipinski definition) is 3. The molecule has 3 N–H and O–H groups in total. The van der Waals surface area contributed by atoms with Gasteiger partial charge < -0.3 is 15.2 Å². The van der Waals surface area contributed by atoms with Crippen LogP contribution in [0.2, 0.25) is 0 Å². The Bertz CT molecular complexity index is 925. The maximum Gasteiger partial charge on any atom is 0.335 e. The van der Waals surface area contributed by atoms with E-state index in [1.165, 1.54) is 18.2 Å². The fourth-order valence-corrected chi connectivity index (χ4v) is 4.40. The van der Waals surface area contributed by atoms with E-state index in [2.05, 4.69) is 10.0 Å². The van der Waals surface area contributed by atoms with Gasteiger partial charge in [0.25, 0.3) is 0 Å². The van der Waals surface area contributed by atoms with Gasteiger partial charge in [0.2, 0.25) is 10.0 Å². The van der Waals surface area contributed by atoms with Crippen molar-refractivity contribution < 1.29 is 23.1 Å². The van der Waals surface area contributed by atoms with Crippen LogP contribution in [0.15, 0.2) is 53.4 Å². The van der Waals surface area contributed by atoms with Gasteiger partial charge in [-0.3, -0.25) is 0 Å². The average molecular weight is 404 g/mol. The Balaban J connectivity index is 1.88. The summed E-state index contributed by atoms with van der Waals surface area (Å²) < 4.78 is 33.8. The fourth-order valence-electron chi connectivity index (χ4n) is 3.14. The van der Waals surface area contributed by atoms with Gasteiger partial charge in [0.05, 0.1) is 17.4 Å². The van der Waals surface area contributed by atoms with E-state index in [0.29, 0.717) is 12.3 Å². The summed E-state index contributed by atoms with van der Waals surface area (Å²) in [6.45, 7) is 2.70. The van der Waals surface area contributed by atoms with Gasteiger partial charge in [-0.1, -0.05) is 30.3 Å². The Morgan fingerprint density at radius 3 is 2.64 bits per heavy atom. The zero-order chi connectivity index (χ0) is 20.1. The Morgan fingerprint density at radius 1 is 1.25 bits per heavy atom. The van der Waals surface area contributed by atoms with E-state index in [9.17, 15) is 18.3 Å². The first-order valence-electron chi connectivity index (χ1n) is 9.17. The topological polar surface area (TPSA) is 105 Å². The number of carboxylic acids is 1. The van der Waals surface area contributed by atoms with Gasteiger partial charge in [-0.05, 0) is 43.5 Å². The van der Waals surface area contributed by atoms with Crippen molar-refractivity contribution in [2.75, 3.05) is 18.5 Å². The summed E-state index contributed by atoms with van der Waals surface area (Å²) >= 11 is 0. The minimum atomic E-state index is -3.92. The fraction of sp³-hybridized carbons (Fsp3) is 0.350. The van der Waals surface area contributed by atoms with E-state index < -0.39 is 16.0 Å². The Hall–Kier alpha value is -2.42. The number of ether oxygens (including phenoxy) is 1. The van der Waals surface area contributed by atoms with Crippen LogP contribution in [0.3, 0.4) is 0 Å². The molecule has 0 unspecified atom stereocenters. The van der Waals surface area contributed by atoms with Crippen LogP contribution in [0.25, 0.3) is 0 Å². The molecule has 1 saturated heterocycles. The van der Waals surface area contributed by atoms with Crippen LogP contribution < -0.4 is 10.0 Å². The highest BCUT2D eigenvalue weighted by Gasteiger charge is 2.24. The maximum absolute atomic E-state index is 12.9. The van der Waals surface area contributed by atoms with Gasteiger partial charge in [0.1, 0.15) is 4.90 Å². The zero-order valence-electron chi connectivity index (χ0n) is 15.6. The van der Waals surface area contributed by atoms with E-state index in [1.54, 1.807) is 0 Å². The molecular weight excluding hydrogens is 380 g/mol. The summed E-state index contributed by atoms with van der Waals surface area (Å²) in [6, 6.07) is 13.5. The van der Waals surface area contributed by atoms with Crippen molar-refractivity contribution in [1.29, 1.82) is 0 Å². The second kappa shape index (κ2) is 8.72. The molecule has 0 saturated carbocycles. The van der Waals surface area contributed by atoms with E-state index >= 15 is 0 Å². The summed E-state index contributed by atoms with van der Waals surface area (Å²) in [5.41, 5.74) is 1.25. The van der Waals surface area contributed by atoms with Crippen molar-refractivity contribution in [3.8, 4) is 0 Å². The first kappa shape index (κ1) is 20.3. The molecule has 150 valence electrons. The Labute approximate surface area is 164 Å². The highest BCUT2D eigenvalue weighted by Crippen LogP contribution is 2.27. The monoisotopic (exact) mass is 404 g/mol. The van der Waals surface area contributed by atoms with E-state index in [0.717, 1.165) is 18.4 Å². The van der Waals surface area contributed by atoms with E-state index in [1.807, 2.05) is 37.3 Å². The highest BCUT2D eigenvalue weighted by molar-refractivity contribution is 7.89. The van der Waals surface area contributed by atoms with Crippen LogP contribution in [0.5, 0.6) is 0 Å². The average Bonchev–Trinajstić information content (AvgIpc) is 3.21. The summed E-state index contributed by atoms with van der Waals surface area (Å²) in [7, 11) is -3.92. The van der Waals surface area contributed by atoms with Crippen LogP contribution >= 0.6 is 0 Å². The molecule has 1 aliphatic heterocycles. The third-order valence-electron chi connectivity index (χ3n) is 4.71. The number of aromatic carboxylic acids is 1. The summed E-state index contributed by atoms with van der Waals surface area (Å²) in [4.78, 5) is 11.3. The second-order valence-corrected chi connectivity index (χ2v) is 8.52. The number of hydrogen-bond acceptors (Lipinski definition) is 5. The minimum Gasteiger partial charge on any atom is -0.478 e. The molecule has 0 amide bonds. The number of carbonyl (C=O) groups is 1. The molecule has 0 aliphatic carbocycles. The van der Waals surface area contributed by atoms with Gasteiger partial charge in [-0.25, -0.2) is 17.9 Å². The molecule has 8 heteroatoms. The van der Waals surface area contributed by atoms with Crippen molar-refractivity contribution in [1.82, 2.24) is 4.72 Å². The lowest BCUT2D eigenvalue weighted by Crippen LogP contribution is -2.32. The molecule has 28 heavy (non-hydrogen) atoms. The molecule has 3 rings (SSSR count). The van der Waals surface area contributed by atoms with Crippen LogP contribution in [-0.2, 0) is 14.8 Å². The SMILES string of the molecule is C[C@@H](Nc1ccc(C(=O)O)cc1S(=O)(=O)NC[C@@H]1CCCO1)c1ccccc1. The predicted octanol–water partition coefficient (Wildman–Crippen LogP) is 3.02. The molecule has 7 nitrogen and oxygen atoms in total. The third kappa shape index (κ3) is 4.89. The van der Waals surface area contributed by atoms with Crippen LogP contribution in [-0.4, -0.2) is 38.7 Å². The molecule has 1 aliphatic rings. The molecule has 2 aromatic rings. The quantitative estimate of drug-likeness (QED) is 0.625. The number of rotatable bonds is 8.